The lowest BCUT2D eigenvalue weighted by Gasteiger charge is -2.32. The summed E-state index contributed by atoms with van der Waals surface area (Å²) in [6.45, 7) is 8.33. The number of halogens is 2. The van der Waals surface area contributed by atoms with Gasteiger partial charge >= 0.3 is 7.12 Å². The first-order valence-corrected chi connectivity index (χ1v) is 48.9. The number of fused-ring (bicyclic) bond motifs is 9. The van der Waals surface area contributed by atoms with E-state index >= 15 is 0 Å². The fraction of sp³-hybridized carbons (Fsp3) is 0.0469. The maximum atomic E-state index is 6.19. The van der Waals surface area contributed by atoms with E-state index in [1.165, 1.54) is 65.4 Å². The lowest BCUT2D eigenvalue weighted by Crippen LogP contribution is -2.41. The molecule has 0 spiro atoms. The number of benzene rings is 17. The number of nitrogens with zero attached hydrogens (tertiary/aromatic N) is 7. The van der Waals surface area contributed by atoms with Crippen LogP contribution in [-0.4, -0.2) is 52.0 Å². The second kappa shape index (κ2) is 37.6. The van der Waals surface area contributed by atoms with Crippen LogP contribution >= 0.6 is 31.9 Å². The Morgan fingerprint density at radius 2 is 0.393 bits per heavy atom. The molecule has 0 amide bonds. The fourth-order valence-corrected chi connectivity index (χ4v) is 20.2. The van der Waals surface area contributed by atoms with E-state index in [2.05, 4.69) is 522 Å². The summed E-state index contributed by atoms with van der Waals surface area (Å²) < 4.78 is 21.5. The van der Waals surface area contributed by atoms with Gasteiger partial charge in [-0.25, -0.2) is 19.9 Å². The highest BCUT2D eigenvalue weighted by Gasteiger charge is 2.51. The van der Waals surface area contributed by atoms with Crippen LogP contribution in [0.25, 0.3) is 217 Å². The Balaban J connectivity index is 0.000000137. The molecule has 24 aromatic rings. The molecule has 0 unspecified atom stereocenters. The molecule has 12 heteroatoms. The van der Waals surface area contributed by atoms with Crippen molar-refractivity contribution in [2.24, 2.45) is 0 Å². The van der Waals surface area contributed by atoms with Crippen molar-refractivity contribution in [3.63, 3.8) is 0 Å². The van der Waals surface area contributed by atoms with Gasteiger partial charge < -0.3 is 23.0 Å². The molecule has 0 saturated carbocycles. The molecular weight excluding hydrogens is 1840 g/mol. The quantitative estimate of drug-likeness (QED) is 0.0896. The molecule has 140 heavy (non-hydrogen) atoms. The molecule has 0 N–H and O–H groups in total. The van der Waals surface area contributed by atoms with Crippen LogP contribution < -0.4 is 5.46 Å². The number of hydrogen-bond donors (Lipinski definition) is 0. The summed E-state index contributed by atoms with van der Waals surface area (Å²) in [6.07, 6.45) is 0. The van der Waals surface area contributed by atoms with Gasteiger partial charge in [0.25, 0.3) is 0 Å². The van der Waals surface area contributed by atoms with Crippen LogP contribution in [0.3, 0.4) is 0 Å². The molecule has 0 radical (unpaired) electrons. The Labute approximate surface area is 831 Å². The monoisotopic (exact) mass is 1930 g/mol. The van der Waals surface area contributed by atoms with Gasteiger partial charge in [0, 0.05) is 80.6 Å². The zero-order valence-electron chi connectivity index (χ0n) is 77.5. The molecular formula is C128H92BBr2N7O2. The molecule has 17 aromatic carbocycles. The van der Waals surface area contributed by atoms with Crippen molar-refractivity contribution in [1.82, 2.24) is 33.6 Å². The molecule has 0 bridgehead atoms. The third kappa shape index (κ3) is 17.5. The van der Waals surface area contributed by atoms with E-state index in [-0.39, 0.29) is 18.3 Å². The van der Waals surface area contributed by atoms with Gasteiger partial charge in [-0.3, -0.25) is 0 Å². The summed E-state index contributed by atoms with van der Waals surface area (Å²) in [6, 6.07) is 171. The zero-order valence-corrected chi connectivity index (χ0v) is 80.6. The number of aromatic nitrogens is 7. The molecule has 9 nitrogen and oxygen atoms in total. The molecule has 668 valence electrons. The van der Waals surface area contributed by atoms with Crippen LogP contribution in [0.5, 0.6) is 0 Å². The van der Waals surface area contributed by atoms with Gasteiger partial charge in [-0.2, -0.15) is 0 Å². The second-order valence-corrected chi connectivity index (χ2v) is 38.4. The number of pyridine rings is 4. The van der Waals surface area contributed by atoms with Crippen LogP contribution in [-0.2, 0) is 9.31 Å². The van der Waals surface area contributed by atoms with Gasteiger partial charge in [0.1, 0.15) is 0 Å². The van der Waals surface area contributed by atoms with E-state index in [0.717, 1.165) is 166 Å². The highest BCUT2D eigenvalue weighted by Crippen LogP contribution is 2.44. The fourth-order valence-electron chi connectivity index (χ4n) is 19.4. The van der Waals surface area contributed by atoms with Gasteiger partial charge in [0.2, 0.25) is 0 Å². The van der Waals surface area contributed by atoms with Crippen molar-refractivity contribution in [2.45, 2.75) is 38.9 Å². The SMILES string of the molecule is Brc1cccc(-c2cc(-c3ccccc3)cc(-c3cc(-c4ccccc4)cc(-c4cccc(Br)c4)n3)n2)c1.CC1(C)OB(c2ccc(-n3c4ccccc4c4ccccc43)cc2)OC1(C)C.c1ccc(-c2cc(-c3cccc(-c4ccc(-n5c6ccccc6c6ccccc65)cc4)c3)nc(-c3cc(-c4ccccc4)cc(-c4cccc(-c5ccc(-n6c7ccccc7c7ccccc76)cc5)c4)n3)c2)cc1. The molecule has 1 aliphatic heterocycles. The minimum absolute atomic E-state index is 0.330. The van der Waals surface area contributed by atoms with E-state index in [1.807, 2.05) is 36.4 Å². The summed E-state index contributed by atoms with van der Waals surface area (Å²) >= 11 is 7.24. The topological polar surface area (TPSA) is 84.8 Å². The first kappa shape index (κ1) is 87.7. The van der Waals surface area contributed by atoms with Crippen LogP contribution in [0.15, 0.2) is 494 Å². The van der Waals surface area contributed by atoms with E-state index in [0.29, 0.717) is 0 Å². The lowest BCUT2D eigenvalue weighted by molar-refractivity contribution is 0.00578. The van der Waals surface area contributed by atoms with E-state index < -0.39 is 0 Å². The average molecular weight is 1930 g/mol. The van der Waals surface area contributed by atoms with E-state index in [4.69, 9.17) is 29.2 Å². The van der Waals surface area contributed by atoms with Crippen molar-refractivity contribution in [1.29, 1.82) is 0 Å². The summed E-state index contributed by atoms with van der Waals surface area (Å²) in [5, 5.41) is 7.57. The van der Waals surface area contributed by atoms with Gasteiger partial charge in [-0.15, -0.1) is 0 Å². The van der Waals surface area contributed by atoms with Gasteiger partial charge in [-0.05, 0) is 258 Å². The predicted octanol–water partition coefficient (Wildman–Crippen LogP) is 33.8. The summed E-state index contributed by atoms with van der Waals surface area (Å²) in [5.74, 6) is 0. The summed E-state index contributed by atoms with van der Waals surface area (Å²) in [5.41, 5.74) is 35.4. The molecule has 1 fully saturated rings. The van der Waals surface area contributed by atoms with Crippen LogP contribution in [0, 0.1) is 0 Å². The number of rotatable bonds is 16. The van der Waals surface area contributed by atoms with Gasteiger partial charge in [0.15, 0.2) is 0 Å². The first-order valence-electron chi connectivity index (χ1n) is 47.3. The largest absolute Gasteiger partial charge is 0.494 e. The van der Waals surface area contributed by atoms with Crippen molar-refractivity contribution in [3.05, 3.63) is 494 Å². The molecule has 7 aromatic heterocycles. The maximum Gasteiger partial charge on any atom is 0.494 e. The second-order valence-electron chi connectivity index (χ2n) is 36.5. The minimum atomic E-state index is -0.336. The number of para-hydroxylation sites is 6. The van der Waals surface area contributed by atoms with Gasteiger partial charge in [0.05, 0.1) is 89.9 Å². The van der Waals surface area contributed by atoms with E-state index in [9.17, 15) is 0 Å². The van der Waals surface area contributed by atoms with Crippen molar-refractivity contribution in [3.8, 4) is 152 Å². The third-order valence-electron chi connectivity index (χ3n) is 27.1. The Morgan fingerprint density at radius 1 is 0.186 bits per heavy atom. The normalized spacial score (nSPS) is 12.7. The highest BCUT2D eigenvalue weighted by atomic mass is 79.9. The number of hydrogen-bond acceptors (Lipinski definition) is 6. The van der Waals surface area contributed by atoms with Crippen LogP contribution in [0.1, 0.15) is 27.7 Å². The Bertz CT molecular complexity index is 8170. The Morgan fingerprint density at radius 3 is 0.657 bits per heavy atom. The van der Waals surface area contributed by atoms with Crippen molar-refractivity contribution < 1.29 is 9.31 Å². The molecule has 0 atom stereocenters. The Hall–Kier alpha value is -16.3. The van der Waals surface area contributed by atoms with E-state index in [1.54, 1.807) is 0 Å². The predicted molar refractivity (Wildman–Crippen MR) is 590 cm³/mol. The lowest BCUT2D eigenvalue weighted by atomic mass is 9.79. The minimum Gasteiger partial charge on any atom is -0.399 e. The molecule has 0 aliphatic carbocycles. The zero-order chi connectivity index (χ0) is 94.4. The first-order chi connectivity index (χ1) is 68.7. The third-order valence-corrected chi connectivity index (χ3v) is 28.1. The Kier molecular flexibility index (Phi) is 23.6. The smallest absolute Gasteiger partial charge is 0.399 e. The molecule has 25 rings (SSSR count). The molecule has 1 saturated heterocycles. The van der Waals surface area contributed by atoms with Gasteiger partial charge in [-0.1, -0.05) is 359 Å². The van der Waals surface area contributed by atoms with Crippen molar-refractivity contribution >= 4 is 110 Å². The average Bonchev–Trinajstić information content (AvgIpc) is 1.60. The molecule has 1 aliphatic rings. The van der Waals surface area contributed by atoms with Crippen LogP contribution in [0.2, 0.25) is 0 Å². The molecule has 8 heterocycles. The maximum absolute atomic E-state index is 6.19. The summed E-state index contributed by atoms with van der Waals surface area (Å²) in [7, 11) is -0.336. The standard InChI is InChI=1S/C70H46N4.C34H22Br2N2.C24H24BNO2/c1-3-17-47(18-4-1)55-43-63(53-23-15-21-51(41-53)49-33-37-57(38-34-49)73-67-29-11-7-25-59(67)60-26-8-12-30-68(60)73)71-65(45-55)66-46-56(48-19-5-2-6-20-48)44-64(72-66)54-24-16-22-52(42-54)50-35-39-58(40-36-50)74-69-31-13-9-27-61(69)62-28-10-14-32-70(62)74;35-29-15-7-13-25(17-29)31-19-27(23-9-3-1-4-10-23)21-33(37-31)34-22-28(24-11-5-2-6-12-24)20-32(38-34)26-14-8-16-30(36)18-26;1-23(2)24(3,4)28-25(27-23)17-13-15-18(16-14-17)26-21-11-7-5-9-19(21)20-10-6-8-12-22(20)26/h1-46H;1-22H;5-16H,1-4H3. The van der Waals surface area contributed by atoms with Crippen molar-refractivity contribution in [2.75, 3.05) is 0 Å². The highest BCUT2D eigenvalue weighted by molar-refractivity contribution is 9.10. The summed E-state index contributed by atoms with van der Waals surface area (Å²) in [4.78, 5) is 21.2. The van der Waals surface area contributed by atoms with Crippen LogP contribution in [0.4, 0.5) is 0 Å².